The Labute approximate surface area is 173 Å². The average molecular weight is 417 g/mol. The number of carbonyl (C=O) groups excluding carboxylic acids is 2. The van der Waals surface area contributed by atoms with Gasteiger partial charge in [-0.2, -0.15) is 0 Å². The van der Waals surface area contributed by atoms with Crippen LogP contribution in [0.1, 0.15) is 25.7 Å². The lowest BCUT2D eigenvalue weighted by Crippen LogP contribution is -2.49. The van der Waals surface area contributed by atoms with Gasteiger partial charge < -0.3 is 20.9 Å². The number of halogens is 2. The highest BCUT2D eigenvalue weighted by molar-refractivity contribution is 5.85. The molecule has 2 aliphatic rings. The van der Waals surface area contributed by atoms with Crippen LogP contribution in [0.2, 0.25) is 0 Å². The number of hydrogen-bond donors (Lipinski definition) is 2. The van der Waals surface area contributed by atoms with Crippen LogP contribution < -0.4 is 16.0 Å². The highest BCUT2D eigenvalue weighted by atomic mass is 35.5. The molecule has 1 aromatic rings. The molecule has 0 spiro atoms. The molecule has 3 N–H and O–H groups in total. The minimum Gasteiger partial charge on any atom is -0.368 e. The minimum atomic E-state index is 0. The molecule has 3 rings (SSSR count). The third-order valence-corrected chi connectivity index (χ3v) is 5.24. The highest BCUT2D eigenvalue weighted by Gasteiger charge is 2.27. The van der Waals surface area contributed by atoms with Gasteiger partial charge in [0.25, 0.3) is 0 Å². The van der Waals surface area contributed by atoms with Crippen molar-refractivity contribution in [1.29, 1.82) is 0 Å². The maximum absolute atomic E-state index is 12.3. The van der Waals surface area contributed by atoms with Gasteiger partial charge >= 0.3 is 0 Å². The van der Waals surface area contributed by atoms with E-state index in [4.69, 9.17) is 5.73 Å². The largest absolute Gasteiger partial charge is 0.368 e. The maximum Gasteiger partial charge on any atom is 0.224 e. The van der Waals surface area contributed by atoms with E-state index in [1.165, 1.54) is 5.69 Å². The lowest BCUT2D eigenvalue weighted by molar-refractivity contribution is -0.131. The molecule has 0 radical (unpaired) electrons. The third kappa shape index (κ3) is 6.55. The molecule has 2 unspecified atom stereocenters. The lowest BCUT2D eigenvalue weighted by atomic mass is 10.1. The summed E-state index contributed by atoms with van der Waals surface area (Å²) in [6.45, 7) is 3.59. The number of amides is 2. The van der Waals surface area contributed by atoms with Crippen molar-refractivity contribution in [2.75, 3.05) is 37.6 Å². The van der Waals surface area contributed by atoms with Crippen LogP contribution in [0.15, 0.2) is 30.3 Å². The van der Waals surface area contributed by atoms with Crippen molar-refractivity contribution in [3.8, 4) is 0 Å². The Balaban J connectivity index is 0.00000182. The summed E-state index contributed by atoms with van der Waals surface area (Å²) in [5.74, 6) is 0.199. The molecule has 1 saturated carbocycles. The number of nitrogens with one attached hydrogen (secondary N) is 1. The fourth-order valence-corrected chi connectivity index (χ4v) is 3.70. The molecule has 0 aromatic heterocycles. The van der Waals surface area contributed by atoms with Crippen LogP contribution in [0.5, 0.6) is 0 Å². The normalized spacial score (nSPS) is 21.8. The van der Waals surface area contributed by atoms with Gasteiger partial charge in [0.1, 0.15) is 0 Å². The summed E-state index contributed by atoms with van der Waals surface area (Å²) in [5, 5.41) is 2.90. The third-order valence-electron chi connectivity index (χ3n) is 5.24. The first-order valence-electron chi connectivity index (χ1n) is 9.24. The van der Waals surface area contributed by atoms with Gasteiger partial charge in [0.15, 0.2) is 0 Å². The van der Waals surface area contributed by atoms with Gasteiger partial charge in [-0.25, -0.2) is 0 Å². The van der Waals surface area contributed by atoms with E-state index in [9.17, 15) is 9.59 Å². The molecule has 27 heavy (non-hydrogen) atoms. The van der Waals surface area contributed by atoms with Gasteiger partial charge in [-0.05, 0) is 31.4 Å². The Kier molecular flexibility index (Phi) is 9.91. The molecular weight excluding hydrogens is 387 g/mol. The van der Waals surface area contributed by atoms with Crippen LogP contribution in [0, 0.1) is 5.92 Å². The van der Waals surface area contributed by atoms with E-state index in [-0.39, 0.29) is 48.6 Å². The maximum atomic E-state index is 12.3. The van der Waals surface area contributed by atoms with E-state index in [1.54, 1.807) is 0 Å². The Morgan fingerprint density at radius 3 is 2.30 bits per heavy atom. The number of para-hydroxylation sites is 1. The number of rotatable bonds is 5. The number of anilines is 1. The first-order valence-corrected chi connectivity index (χ1v) is 9.24. The van der Waals surface area contributed by atoms with Crippen LogP contribution in [-0.4, -0.2) is 55.5 Å². The van der Waals surface area contributed by atoms with Gasteiger partial charge in [-0.1, -0.05) is 18.2 Å². The van der Waals surface area contributed by atoms with Gasteiger partial charge in [-0.3, -0.25) is 9.59 Å². The molecule has 2 fully saturated rings. The van der Waals surface area contributed by atoms with Crippen molar-refractivity contribution in [1.82, 2.24) is 10.2 Å². The number of hydrogen-bond acceptors (Lipinski definition) is 4. The summed E-state index contributed by atoms with van der Waals surface area (Å²) < 4.78 is 0. The minimum absolute atomic E-state index is 0. The van der Waals surface area contributed by atoms with Crippen LogP contribution in [0.25, 0.3) is 0 Å². The molecule has 152 valence electrons. The van der Waals surface area contributed by atoms with Crippen LogP contribution in [-0.2, 0) is 9.59 Å². The molecule has 8 heteroatoms. The number of benzene rings is 1. The second kappa shape index (κ2) is 11.4. The Morgan fingerprint density at radius 1 is 1.04 bits per heavy atom. The summed E-state index contributed by atoms with van der Waals surface area (Å²) in [4.78, 5) is 28.6. The molecular formula is C19H30Cl2N4O2. The SMILES string of the molecule is Cl.Cl.NC1CCC(C(=O)NCCC(=O)N2CCN(c3ccccc3)CC2)C1. The lowest BCUT2D eigenvalue weighted by Gasteiger charge is -2.36. The predicted molar refractivity (Wildman–Crippen MR) is 113 cm³/mol. The Hall–Kier alpha value is -1.50. The number of nitrogens with zero attached hydrogens (tertiary/aromatic N) is 2. The summed E-state index contributed by atoms with van der Waals surface area (Å²) in [6.07, 6.45) is 2.92. The Bertz CT molecular complexity index is 595. The smallest absolute Gasteiger partial charge is 0.224 e. The summed E-state index contributed by atoms with van der Waals surface area (Å²) in [7, 11) is 0. The molecule has 1 aliphatic carbocycles. The van der Waals surface area contributed by atoms with Gasteiger partial charge in [0.05, 0.1) is 0 Å². The molecule has 6 nitrogen and oxygen atoms in total. The van der Waals surface area contributed by atoms with Crippen molar-refractivity contribution >= 4 is 42.3 Å². The van der Waals surface area contributed by atoms with E-state index in [0.29, 0.717) is 13.0 Å². The number of nitrogens with two attached hydrogens (primary N) is 1. The van der Waals surface area contributed by atoms with Crippen molar-refractivity contribution in [2.45, 2.75) is 31.7 Å². The van der Waals surface area contributed by atoms with Crippen LogP contribution >= 0.6 is 24.8 Å². The quantitative estimate of drug-likeness (QED) is 0.766. The molecule has 2 atom stereocenters. The fourth-order valence-electron chi connectivity index (χ4n) is 3.70. The van der Waals surface area contributed by atoms with E-state index in [1.807, 2.05) is 23.1 Å². The fraction of sp³-hybridized carbons (Fsp3) is 0.579. The molecule has 1 saturated heterocycles. The van der Waals surface area contributed by atoms with Gasteiger partial charge in [0.2, 0.25) is 11.8 Å². The molecule has 1 aromatic carbocycles. The summed E-state index contributed by atoms with van der Waals surface area (Å²) in [5.41, 5.74) is 7.05. The molecule has 1 heterocycles. The van der Waals surface area contributed by atoms with Crippen molar-refractivity contribution in [2.24, 2.45) is 11.7 Å². The first-order chi connectivity index (χ1) is 12.1. The number of carbonyl (C=O) groups is 2. The zero-order valence-electron chi connectivity index (χ0n) is 15.5. The van der Waals surface area contributed by atoms with Crippen molar-refractivity contribution < 1.29 is 9.59 Å². The van der Waals surface area contributed by atoms with Crippen molar-refractivity contribution in [3.63, 3.8) is 0 Å². The summed E-state index contributed by atoms with van der Waals surface area (Å²) >= 11 is 0. The van der Waals surface area contributed by atoms with Gasteiger partial charge in [-0.15, -0.1) is 24.8 Å². The molecule has 1 aliphatic heterocycles. The van der Waals surface area contributed by atoms with Crippen LogP contribution in [0.3, 0.4) is 0 Å². The second-order valence-corrected chi connectivity index (χ2v) is 7.01. The monoisotopic (exact) mass is 416 g/mol. The van der Waals surface area contributed by atoms with E-state index in [0.717, 1.165) is 45.4 Å². The topological polar surface area (TPSA) is 78.7 Å². The first kappa shape index (κ1) is 23.5. The molecule has 2 amide bonds. The van der Waals surface area contributed by atoms with E-state index < -0.39 is 0 Å². The highest BCUT2D eigenvalue weighted by Crippen LogP contribution is 2.24. The predicted octanol–water partition coefficient (Wildman–Crippen LogP) is 1.81. The second-order valence-electron chi connectivity index (χ2n) is 7.01. The average Bonchev–Trinajstić information content (AvgIpc) is 3.09. The van der Waals surface area contributed by atoms with E-state index >= 15 is 0 Å². The zero-order chi connectivity index (χ0) is 17.6. The standard InChI is InChI=1S/C19H28N4O2.2ClH/c20-16-7-6-15(14-16)19(25)21-9-8-18(24)23-12-10-22(11-13-23)17-4-2-1-3-5-17;;/h1-5,15-16H,6-14,20H2,(H,21,25);2*1H. The van der Waals surface area contributed by atoms with Crippen LogP contribution in [0.4, 0.5) is 5.69 Å². The molecule has 0 bridgehead atoms. The van der Waals surface area contributed by atoms with E-state index in [2.05, 4.69) is 22.3 Å². The number of piperazine rings is 1. The van der Waals surface area contributed by atoms with Gasteiger partial charge in [0, 0.05) is 56.8 Å². The summed E-state index contributed by atoms with van der Waals surface area (Å²) in [6, 6.07) is 10.4. The Morgan fingerprint density at radius 2 is 1.70 bits per heavy atom. The zero-order valence-corrected chi connectivity index (χ0v) is 17.1. The van der Waals surface area contributed by atoms with Crippen molar-refractivity contribution in [3.05, 3.63) is 30.3 Å².